The first-order valence-electron chi connectivity index (χ1n) is 7.38. The molecule has 2 aromatic rings. The van der Waals surface area contributed by atoms with Gasteiger partial charge in [-0.05, 0) is 37.3 Å². The van der Waals surface area contributed by atoms with E-state index in [4.69, 9.17) is 0 Å². The smallest absolute Gasteiger partial charge is 0.203 e. The van der Waals surface area contributed by atoms with Crippen LogP contribution in [0.15, 0.2) is 30.5 Å². The van der Waals surface area contributed by atoms with E-state index in [2.05, 4.69) is 66.1 Å². The average molecular weight is 271 g/mol. The summed E-state index contributed by atoms with van der Waals surface area (Å²) in [5.41, 5.74) is 3.84. The van der Waals surface area contributed by atoms with Gasteiger partial charge in [-0.1, -0.05) is 38.1 Å². The molecule has 0 atom stereocenters. The molecule has 0 saturated heterocycles. The van der Waals surface area contributed by atoms with Crippen molar-refractivity contribution in [3.8, 4) is 0 Å². The summed E-state index contributed by atoms with van der Waals surface area (Å²) in [5.74, 6) is 1.61. The first-order chi connectivity index (χ1) is 9.56. The minimum absolute atomic E-state index is 0.622. The maximum Gasteiger partial charge on any atom is 0.203 e. The lowest BCUT2D eigenvalue weighted by Gasteiger charge is -2.12. The molecule has 0 aliphatic rings. The second-order valence-electron chi connectivity index (χ2n) is 5.85. The van der Waals surface area contributed by atoms with Crippen LogP contribution >= 0.6 is 0 Å². The molecule has 0 radical (unpaired) electrons. The number of benzene rings is 1. The van der Waals surface area contributed by atoms with Gasteiger partial charge in [-0.15, -0.1) is 0 Å². The number of imidazole rings is 1. The largest absolute Gasteiger partial charge is 0.355 e. The van der Waals surface area contributed by atoms with E-state index >= 15 is 0 Å². The van der Waals surface area contributed by atoms with Crippen LogP contribution in [-0.4, -0.2) is 16.1 Å². The Morgan fingerprint density at radius 2 is 1.95 bits per heavy atom. The highest BCUT2D eigenvalue weighted by Crippen LogP contribution is 2.13. The molecule has 0 bridgehead atoms. The molecular formula is C17H25N3. The van der Waals surface area contributed by atoms with Crippen molar-refractivity contribution in [2.75, 3.05) is 11.9 Å². The Balaban J connectivity index is 2.04. The predicted octanol–water partition coefficient (Wildman–Crippen LogP) is 3.81. The molecule has 0 unspecified atom stereocenters. The first kappa shape index (κ1) is 14.6. The van der Waals surface area contributed by atoms with E-state index in [0.717, 1.165) is 31.2 Å². The van der Waals surface area contributed by atoms with Crippen molar-refractivity contribution in [2.45, 2.75) is 40.7 Å². The summed E-state index contributed by atoms with van der Waals surface area (Å²) < 4.78 is 2.23. The Kier molecular flexibility index (Phi) is 4.83. The maximum absolute atomic E-state index is 4.57. The molecule has 108 valence electrons. The highest BCUT2D eigenvalue weighted by molar-refractivity contribution is 5.30. The summed E-state index contributed by atoms with van der Waals surface area (Å²) in [6.07, 6.45) is 3.17. The molecule has 0 aliphatic heterocycles. The SMILES string of the molecule is Cc1cn(CCc2ccccc2C)c(NCC(C)C)n1. The van der Waals surface area contributed by atoms with E-state index in [-0.39, 0.29) is 0 Å². The number of rotatable bonds is 6. The molecule has 0 aliphatic carbocycles. The van der Waals surface area contributed by atoms with Gasteiger partial charge in [-0.2, -0.15) is 0 Å². The Morgan fingerprint density at radius 1 is 1.20 bits per heavy atom. The Hall–Kier alpha value is -1.77. The highest BCUT2D eigenvalue weighted by atomic mass is 15.2. The number of aryl methyl sites for hydroxylation is 4. The van der Waals surface area contributed by atoms with Crippen LogP contribution in [0.3, 0.4) is 0 Å². The maximum atomic E-state index is 4.57. The molecule has 3 heteroatoms. The van der Waals surface area contributed by atoms with Crippen molar-refractivity contribution in [3.05, 3.63) is 47.3 Å². The first-order valence-corrected chi connectivity index (χ1v) is 7.38. The van der Waals surface area contributed by atoms with Crippen LogP contribution in [0.5, 0.6) is 0 Å². The fourth-order valence-corrected chi connectivity index (χ4v) is 2.29. The number of aromatic nitrogens is 2. The van der Waals surface area contributed by atoms with Gasteiger partial charge in [0.2, 0.25) is 5.95 Å². The Morgan fingerprint density at radius 3 is 2.65 bits per heavy atom. The third-order valence-electron chi connectivity index (χ3n) is 3.45. The van der Waals surface area contributed by atoms with E-state index in [1.807, 2.05) is 6.92 Å². The van der Waals surface area contributed by atoms with Gasteiger partial charge >= 0.3 is 0 Å². The number of hydrogen-bond donors (Lipinski definition) is 1. The Bertz CT molecular complexity index is 555. The second-order valence-corrected chi connectivity index (χ2v) is 5.85. The van der Waals surface area contributed by atoms with Crippen molar-refractivity contribution in [3.63, 3.8) is 0 Å². The van der Waals surface area contributed by atoms with Gasteiger partial charge in [-0.3, -0.25) is 0 Å². The number of anilines is 1. The molecule has 1 aromatic heterocycles. The molecule has 2 rings (SSSR count). The molecule has 1 heterocycles. The van der Waals surface area contributed by atoms with Crippen molar-refractivity contribution in [1.29, 1.82) is 0 Å². The van der Waals surface area contributed by atoms with E-state index in [9.17, 15) is 0 Å². The van der Waals surface area contributed by atoms with Gasteiger partial charge in [0, 0.05) is 19.3 Å². The lowest BCUT2D eigenvalue weighted by molar-refractivity contribution is 0.660. The van der Waals surface area contributed by atoms with E-state index in [1.165, 1.54) is 11.1 Å². The summed E-state index contributed by atoms with van der Waals surface area (Å²) in [5, 5.41) is 3.44. The fourth-order valence-electron chi connectivity index (χ4n) is 2.29. The molecule has 3 nitrogen and oxygen atoms in total. The van der Waals surface area contributed by atoms with Gasteiger partial charge in [0.15, 0.2) is 0 Å². The highest BCUT2D eigenvalue weighted by Gasteiger charge is 2.06. The van der Waals surface area contributed by atoms with Gasteiger partial charge < -0.3 is 9.88 Å². The molecule has 0 amide bonds. The van der Waals surface area contributed by atoms with E-state index in [0.29, 0.717) is 5.92 Å². The van der Waals surface area contributed by atoms with Gasteiger partial charge in [0.05, 0.1) is 5.69 Å². The molecular weight excluding hydrogens is 246 g/mol. The van der Waals surface area contributed by atoms with Crippen molar-refractivity contribution in [1.82, 2.24) is 9.55 Å². The molecule has 0 fully saturated rings. The van der Waals surface area contributed by atoms with Crippen LogP contribution in [0.4, 0.5) is 5.95 Å². The third-order valence-corrected chi connectivity index (χ3v) is 3.45. The van der Waals surface area contributed by atoms with Crippen LogP contribution in [0.1, 0.15) is 30.7 Å². The summed E-state index contributed by atoms with van der Waals surface area (Å²) in [6, 6.07) is 8.59. The molecule has 1 N–H and O–H groups in total. The van der Waals surface area contributed by atoms with Crippen LogP contribution < -0.4 is 5.32 Å². The van der Waals surface area contributed by atoms with Gasteiger partial charge in [-0.25, -0.2) is 4.98 Å². The minimum atomic E-state index is 0.622. The average Bonchev–Trinajstić information content (AvgIpc) is 2.76. The zero-order valence-electron chi connectivity index (χ0n) is 13.0. The van der Waals surface area contributed by atoms with Crippen LogP contribution in [0.2, 0.25) is 0 Å². The molecule has 0 spiro atoms. The van der Waals surface area contributed by atoms with E-state index in [1.54, 1.807) is 0 Å². The quantitative estimate of drug-likeness (QED) is 0.866. The van der Waals surface area contributed by atoms with Crippen molar-refractivity contribution >= 4 is 5.95 Å². The second kappa shape index (κ2) is 6.60. The van der Waals surface area contributed by atoms with Gasteiger partial charge in [0.1, 0.15) is 0 Å². The van der Waals surface area contributed by atoms with Crippen molar-refractivity contribution < 1.29 is 0 Å². The third kappa shape index (κ3) is 3.86. The van der Waals surface area contributed by atoms with E-state index < -0.39 is 0 Å². The predicted molar refractivity (Wildman–Crippen MR) is 85.2 cm³/mol. The normalized spacial score (nSPS) is 11.1. The zero-order valence-corrected chi connectivity index (χ0v) is 13.0. The van der Waals surface area contributed by atoms with Crippen LogP contribution in [-0.2, 0) is 13.0 Å². The molecule has 0 saturated carbocycles. The lowest BCUT2D eigenvalue weighted by Crippen LogP contribution is -2.13. The number of nitrogens with one attached hydrogen (secondary N) is 1. The Labute approximate surface area is 122 Å². The monoisotopic (exact) mass is 271 g/mol. The number of nitrogens with zero attached hydrogens (tertiary/aromatic N) is 2. The molecule has 1 aromatic carbocycles. The number of hydrogen-bond acceptors (Lipinski definition) is 2. The summed E-state index contributed by atoms with van der Waals surface area (Å²) in [4.78, 5) is 4.57. The minimum Gasteiger partial charge on any atom is -0.355 e. The lowest BCUT2D eigenvalue weighted by atomic mass is 10.1. The summed E-state index contributed by atoms with van der Waals surface area (Å²) in [7, 11) is 0. The van der Waals surface area contributed by atoms with Crippen molar-refractivity contribution in [2.24, 2.45) is 5.92 Å². The fraction of sp³-hybridized carbons (Fsp3) is 0.471. The standard InChI is InChI=1S/C17H25N3/c1-13(2)11-18-17-19-15(4)12-20(17)10-9-16-8-6-5-7-14(16)3/h5-8,12-13H,9-11H2,1-4H3,(H,18,19). The van der Waals surface area contributed by atoms with Crippen LogP contribution in [0.25, 0.3) is 0 Å². The summed E-state index contributed by atoms with van der Waals surface area (Å²) in [6.45, 7) is 10.6. The van der Waals surface area contributed by atoms with Crippen LogP contribution in [0, 0.1) is 19.8 Å². The van der Waals surface area contributed by atoms with Gasteiger partial charge in [0.25, 0.3) is 0 Å². The summed E-state index contributed by atoms with van der Waals surface area (Å²) >= 11 is 0. The zero-order chi connectivity index (χ0) is 14.5. The molecule has 20 heavy (non-hydrogen) atoms. The topological polar surface area (TPSA) is 29.9 Å².